The highest BCUT2D eigenvalue weighted by molar-refractivity contribution is 9.10. The number of carbonyl (C=O) groups excluding carboxylic acids is 1. The van der Waals surface area contributed by atoms with Gasteiger partial charge < -0.3 is 19.4 Å². The molecule has 1 amide bonds. The van der Waals surface area contributed by atoms with Crippen LogP contribution in [0.25, 0.3) is 0 Å². The maximum absolute atomic E-state index is 13.4. The van der Waals surface area contributed by atoms with Gasteiger partial charge in [-0.1, -0.05) is 22.0 Å². The number of amides is 1. The van der Waals surface area contributed by atoms with Crippen molar-refractivity contribution >= 4 is 29.4 Å². The summed E-state index contributed by atoms with van der Waals surface area (Å²) < 4.78 is 44.2. The van der Waals surface area contributed by atoms with Crippen molar-refractivity contribution in [3.63, 3.8) is 0 Å². The first-order valence-electron chi connectivity index (χ1n) is 9.93. The normalized spacial score (nSPS) is 17.4. The predicted octanol–water partition coefficient (Wildman–Crippen LogP) is 3.52. The van der Waals surface area contributed by atoms with Crippen molar-refractivity contribution in [3.8, 4) is 5.75 Å². The zero-order valence-corrected chi connectivity index (χ0v) is 19.9. The van der Waals surface area contributed by atoms with Crippen LogP contribution in [0.15, 0.2) is 40.9 Å². The summed E-state index contributed by atoms with van der Waals surface area (Å²) in [6.45, 7) is 3.66. The Morgan fingerprint density at radius 3 is 2.59 bits per heavy atom. The minimum absolute atomic E-state index is 0.121. The minimum atomic E-state index is -4.31. The van der Waals surface area contributed by atoms with Gasteiger partial charge >= 0.3 is 7.60 Å². The van der Waals surface area contributed by atoms with E-state index < -0.39 is 25.4 Å². The number of ether oxygens (including phenoxy) is 1. The number of piperazine rings is 1. The van der Waals surface area contributed by atoms with E-state index in [-0.39, 0.29) is 24.3 Å². The molecule has 1 aliphatic heterocycles. The molecule has 11 heteroatoms. The van der Waals surface area contributed by atoms with Crippen molar-refractivity contribution < 1.29 is 32.7 Å². The van der Waals surface area contributed by atoms with Gasteiger partial charge in [0.05, 0.1) is 6.16 Å². The number of carbonyl (C=O) groups is 1. The van der Waals surface area contributed by atoms with E-state index in [9.17, 15) is 27.9 Å². The average molecular weight is 533 g/mol. The van der Waals surface area contributed by atoms with Crippen molar-refractivity contribution in [3.05, 3.63) is 63.6 Å². The number of halogens is 3. The van der Waals surface area contributed by atoms with E-state index in [4.69, 9.17) is 4.74 Å². The lowest BCUT2D eigenvalue weighted by Gasteiger charge is -2.39. The zero-order valence-electron chi connectivity index (χ0n) is 17.4. The topological polar surface area (TPSA) is 90.3 Å². The summed E-state index contributed by atoms with van der Waals surface area (Å²) >= 11 is 3.26. The van der Waals surface area contributed by atoms with Gasteiger partial charge in [0.2, 0.25) is 0 Å². The number of rotatable bonds is 7. The van der Waals surface area contributed by atoms with Crippen LogP contribution in [0, 0.1) is 11.6 Å². The van der Waals surface area contributed by atoms with Crippen LogP contribution in [0.4, 0.5) is 8.78 Å². The molecule has 0 saturated carbocycles. The summed E-state index contributed by atoms with van der Waals surface area (Å²) in [6.07, 6.45) is -0.491. The molecule has 7 nitrogen and oxygen atoms in total. The third kappa shape index (κ3) is 6.83. The first-order chi connectivity index (χ1) is 15.0. The summed E-state index contributed by atoms with van der Waals surface area (Å²) in [4.78, 5) is 35.0. The van der Waals surface area contributed by atoms with Gasteiger partial charge in [-0.2, -0.15) is 0 Å². The fourth-order valence-corrected chi connectivity index (χ4v) is 4.80. The lowest BCUT2D eigenvalue weighted by atomic mass is 10.1. The molecular weight excluding hydrogens is 509 g/mol. The molecule has 0 aliphatic carbocycles. The van der Waals surface area contributed by atoms with Crippen LogP contribution in [0.2, 0.25) is 0 Å². The lowest BCUT2D eigenvalue weighted by molar-refractivity contribution is -0.138. The third-order valence-electron chi connectivity index (χ3n) is 5.17. The van der Waals surface area contributed by atoms with E-state index in [2.05, 4.69) is 20.8 Å². The van der Waals surface area contributed by atoms with Crippen molar-refractivity contribution in [1.82, 2.24) is 9.80 Å². The third-order valence-corrected chi connectivity index (χ3v) is 6.42. The van der Waals surface area contributed by atoms with Crippen molar-refractivity contribution in [1.29, 1.82) is 0 Å². The van der Waals surface area contributed by atoms with Gasteiger partial charge in [0, 0.05) is 42.3 Å². The van der Waals surface area contributed by atoms with Crippen molar-refractivity contribution in [2.24, 2.45) is 0 Å². The Morgan fingerprint density at radius 2 is 1.94 bits per heavy atom. The van der Waals surface area contributed by atoms with Crippen LogP contribution in [0.5, 0.6) is 5.75 Å². The molecule has 3 rings (SSSR count). The monoisotopic (exact) mass is 532 g/mol. The smallest absolute Gasteiger partial charge is 0.330 e. The first kappa shape index (κ1) is 24.8. The van der Waals surface area contributed by atoms with Crippen LogP contribution in [0.1, 0.15) is 18.1 Å². The van der Waals surface area contributed by atoms with Crippen LogP contribution in [-0.2, 0) is 22.1 Å². The van der Waals surface area contributed by atoms with E-state index >= 15 is 0 Å². The molecule has 174 valence electrons. The Hall–Kier alpha value is -1.84. The lowest BCUT2D eigenvalue weighted by Crippen LogP contribution is -2.54. The molecule has 1 fully saturated rings. The van der Waals surface area contributed by atoms with Gasteiger partial charge in [-0.25, -0.2) is 8.78 Å². The fourth-order valence-electron chi connectivity index (χ4n) is 3.70. The minimum Gasteiger partial charge on any atom is -0.483 e. The molecule has 1 aliphatic rings. The largest absolute Gasteiger partial charge is 0.483 e. The summed E-state index contributed by atoms with van der Waals surface area (Å²) in [5, 5.41) is 0. The predicted molar refractivity (Wildman–Crippen MR) is 118 cm³/mol. The second kappa shape index (κ2) is 10.4. The second-order valence-electron chi connectivity index (χ2n) is 7.78. The van der Waals surface area contributed by atoms with Gasteiger partial charge in [0.1, 0.15) is 5.75 Å². The Kier molecular flexibility index (Phi) is 8.06. The summed E-state index contributed by atoms with van der Waals surface area (Å²) in [7, 11) is -4.31. The van der Waals surface area contributed by atoms with E-state index in [1.165, 1.54) is 6.07 Å². The van der Waals surface area contributed by atoms with Gasteiger partial charge in [-0.05, 0) is 42.8 Å². The molecule has 2 aromatic carbocycles. The molecule has 0 radical (unpaired) electrons. The highest BCUT2D eigenvalue weighted by Crippen LogP contribution is 2.42. The fraction of sp³-hybridized carbons (Fsp3) is 0.381. The highest BCUT2D eigenvalue weighted by atomic mass is 79.9. The molecule has 0 aromatic heterocycles. The number of nitrogens with zero attached hydrogens (tertiary/aromatic N) is 2. The quantitative estimate of drug-likeness (QED) is 0.530. The molecule has 2 N–H and O–H groups in total. The van der Waals surface area contributed by atoms with E-state index in [1.54, 1.807) is 29.2 Å². The summed E-state index contributed by atoms with van der Waals surface area (Å²) in [6, 6.07) is 8.49. The summed E-state index contributed by atoms with van der Waals surface area (Å²) in [5.74, 6) is -1.76. The number of hydrogen-bond donors (Lipinski definition) is 2. The maximum Gasteiger partial charge on any atom is 0.330 e. The first-order valence-corrected chi connectivity index (χ1v) is 12.5. The molecule has 32 heavy (non-hydrogen) atoms. The number of benzene rings is 2. The standard InChI is InChI=1S/C21H24BrF2N2O5P/c1-14-10-25(11-15-2-4-18(23)19(24)8-15)6-7-26(14)21(27)12-31-20-5-3-17(22)9-16(20)13-32(28,29)30/h2-5,8-9,14H,6-7,10-13H2,1H3,(H2,28,29,30)/t14-/m1/s1. The Morgan fingerprint density at radius 1 is 1.19 bits per heavy atom. The van der Waals surface area contributed by atoms with Crippen LogP contribution in [0.3, 0.4) is 0 Å². The van der Waals surface area contributed by atoms with Crippen LogP contribution < -0.4 is 4.74 Å². The Bertz CT molecular complexity index is 1040. The van der Waals surface area contributed by atoms with Crippen LogP contribution in [-0.4, -0.2) is 57.8 Å². The van der Waals surface area contributed by atoms with E-state index in [0.717, 1.165) is 6.07 Å². The van der Waals surface area contributed by atoms with Gasteiger partial charge in [0.25, 0.3) is 5.91 Å². The molecule has 0 bridgehead atoms. The van der Waals surface area contributed by atoms with E-state index in [1.807, 2.05) is 6.92 Å². The molecule has 1 heterocycles. The molecule has 1 atom stereocenters. The zero-order chi connectivity index (χ0) is 23.5. The van der Waals surface area contributed by atoms with Crippen molar-refractivity contribution in [2.75, 3.05) is 26.2 Å². The van der Waals surface area contributed by atoms with Crippen LogP contribution >= 0.6 is 23.5 Å². The molecule has 2 aromatic rings. The molecular formula is C21H24BrF2N2O5P. The van der Waals surface area contributed by atoms with Crippen molar-refractivity contribution in [2.45, 2.75) is 25.7 Å². The second-order valence-corrected chi connectivity index (χ2v) is 10.3. The Balaban J connectivity index is 1.57. The van der Waals surface area contributed by atoms with Gasteiger partial charge in [0.15, 0.2) is 18.2 Å². The summed E-state index contributed by atoms with van der Waals surface area (Å²) in [5.41, 5.74) is 0.969. The SMILES string of the molecule is C[C@@H]1CN(Cc2ccc(F)c(F)c2)CCN1C(=O)COc1ccc(Br)cc1CP(=O)(O)O. The Labute approximate surface area is 193 Å². The van der Waals surface area contributed by atoms with Gasteiger partial charge in [-0.15, -0.1) is 0 Å². The number of hydrogen-bond acceptors (Lipinski definition) is 4. The highest BCUT2D eigenvalue weighted by Gasteiger charge is 2.28. The maximum atomic E-state index is 13.4. The molecule has 1 saturated heterocycles. The molecule has 0 spiro atoms. The van der Waals surface area contributed by atoms with Gasteiger partial charge in [-0.3, -0.25) is 14.3 Å². The average Bonchev–Trinajstić information content (AvgIpc) is 2.69. The van der Waals surface area contributed by atoms with E-state index in [0.29, 0.717) is 41.8 Å². The molecule has 0 unspecified atom stereocenters.